The molecule has 4 nitrogen and oxygen atoms in total. The van der Waals surface area contributed by atoms with Gasteiger partial charge in [-0.25, -0.2) is 0 Å². The number of hydrogen-bond acceptors (Lipinski definition) is 4. The Balaban J connectivity index is 1.46. The zero-order chi connectivity index (χ0) is 14.2. The Bertz CT molecular complexity index is 611. The maximum atomic E-state index is 5.50. The first-order chi connectivity index (χ1) is 10.3. The van der Waals surface area contributed by atoms with Crippen molar-refractivity contribution in [3.05, 3.63) is 47.1 Å². The van der Waals surface area contributed by atoms with Crippen molar-refractivity contribution in [3.63, 3.8) is 0 Å². The van der Waals surface area contributed by atoms with Crippen molar-refractivity contribution in [1.82, 2.24) is 15.5 Å². The fourth-order valence-electron chi connectivity index (χ4n) is 3.62. The molecule has 1 aromatic heterocycles. The lowest BCUT2D eigenvalue weighted by Crippen LogP contribution is -2.13. The number of benzene rings is 1. The number of rotatable bonds is 3. The molecular weight excluding hydrogens is 262 g/mol. The van der Waals surface area contributed by atoms with Crippen LogP contribution in [0.2, 0.25) is 0 Å². The van der Waals surface area contributed by atoms with Crippen LogP contribution in [0.15, 0.2) is 28.8 Å². The van der Waals surface area contributed by atoms with Crippen molar-refractivity contribution < 1.29 is 4.52 Å². The number of nitrogens with zero attached hydrogens (tertiary/aromatic N) is 2. The predicted molar refractivity (Wildman–Crippen MR) is 80.1 cm³/mol. The SMILES string of the molecule is C[C@@H]1CNC[C@H]1Cc1nc(C2Cc3ccccc3C2)no1. The van der Waals surface area contributed by atoms with Gasteiger partial charge in [0.2, 0.25) is 5.89 Å². The third kappa shape index (κ3) is 2.48. The Morgan fingerprint density at radius 3 is 2.62 bits per heavy atom. The average Bonchev–Trinajstić information content (AvgIpc) is 3.19. The largest absolute Gasteiger partial charge is 0.339 e. The quantitative estimate of drug-likeness (QED) is 0.939. The van der Waals surface area contributed by atoms with Gasteiger partial charge >= 0.3 is 0 Å². The van der Waals surface area contributed by atoms with Crippen LogP contribution >= 0.6 is 0 Å². The molecule has 0 amide bonds. The fourth-order valence-corrected chi connectivity index (χ4v) is 3.62. The Labute approximate surface area is 124 Å². The maximum Gasteiger partial charge on any atom is 0.226 e. The Morgan fingerprint density at radius 2 is 1.95 bits per heavy atom. The summed E-state index contributed by atoms with van der Waals surface area (Å²) in [5, 5.41) is 7.67. The van der Waals surface area contributed by atoms with E-state index in [1.807, 2.05) is 0 Å². The summed E-state index contributed by atoms with van der Waals surface area (Å²) in [5.74, 6) is 3.40. The minimum Gasteiger partial charge on any atom is -0.339 e. The Kier molecular flexibility index (Phi) is 3.26. The van der Waals surface area contributed by atoms with Gasteiger partial charge in [0.1, 0.15) is 0 Å². The second-order valence-electron chi connectivity index (χ2n) is 6.52. The summed E-state index contributed by atoms with van der Waals surface area (Å²) in [6.45, 7) is 4.45. The Morgan fingerprint density at radius 1 is 1.19 bits per heavy atom. The van der Waals surface area contributed by atoms with Gasteiger partial charge in [-0.15, -0.1) is 0 Å². The average molecular weight is 283 g/mol. The predicted octanol–water partition coefficient (Wildman–Crippen LogP) is 2.35. The normalized spacial score (nSPS) is 25.4. The van der Waals surface area contributed by atoms with E-state index in [9.17, 15) is 0 Å². The summed E-state index contributed by atoms with van der Waals surface area (Å²) in [7, 11) is 0. The summed E-state index contributed by atoms with van der Waals surface area (Å²) in [6, 6.07) is 8.64. The molecule has 21 heavy (non-hydrogen) atoms. The van der Waals surface area contributed by atoms with Crippen LogP contribution in [0.5, 0.6) is 0 Å². The molecule has 4 rings (SSSR count). The molecule has 2 atom stereocenters. The van der Waals surface area contributed by atoms with E-state index in [0.29, 0.717) is 17.8 Å². The highest BCUT2D eigenvalue weighted by Crippen LogP contribution is 2.32. The van der Waals surface area contributed by atoms with Crippen LogP contribution < -0.4 is 5.32 Å². The summed E-state index contributed by atoms with van der Waals surface area (Å²) in [5.41, 5.74) is 2.87. The smallest absolute Gasteiger partial charge is 0.226 e. The van der Waals surface area contributed by atoms with Crippen molar-refractivity contribution in [2.45, 2.75) is 32.1 Å². The first-order valence-corrected chi connectivity index (χ1v) is 7.89. The van der Waals surface area contributed by atoms with Crippen LogP contribution in [0.3, 0.4) is 0 Å². The van der Waals surface area contributed by atoms with Crippen molar-refractivity contribution in [3.8, 4) is 0 Å². The van der Waals surface area contributed by atoms with E-state index in [1.54, 1.807) is 0 Å². The molecule has 110 valence electrons. The fraction of sp³-hybridized carbons (Fsp3) is 0.529. The summed E-state index contributed by atoms with van der Waals surface area (Å²) < 4.78 is 5.50. The number of nitrogens with one attached hydrogen (secondary N) is 1. The molecular formula is C17H21N3O. The topological polar surface area (TPSA) is 51.0 Å². The molecule has 1 N–H and O–H groups in total. The number of hydrogen-bond donors (Lipinski definition) is 1. The second kappa shape index (κ2) is 5.26. The lowest BCUT2D eigenvalue weighted by molar-refractivity contribution is 0.333. The van der Waals surface area contributed by atoms with E-state index in [-0.39, 0.29) is 0 Å². The molecule has 0 radical (unpaired) electrons. The third-order valence-corrected chi connectivity index (χ3v) is 5.01. The van der Waals surface area contributed by atoms with Gasteiger partial charge in [0.15, 0.2) is 5.82 Å². The van der Waals surface area contributed by atoms with Crippen LogP contribution in [-0.2, 0) is 19.3 Å². The molecule has 1 fully saturated rings. The standard InChI is InChI=1S/C17H21N3O/c1-11-9-18-10-15(11)8-16-19-17(20-21-16)14-6-12-4-2-3-5-13(12)7-14/h2-5,11,14-15,18H,6-10H2,1H3/t11-,15-/m1/s1. The molecule has 0 unspecified atom stereocenters. The molecule has 1 saturated heterocycles. The van der Waals surface area contributed by atoms with E-state index in [2.05, 4.69) is 46.6 Å². The zero-order valence-electron chi connectivity index (χ0n) is 12.4. The van der Waals surface area contributed by atoms with Gasteiger partial charge in [-0.1, -0.05) is 36.3 Å². The second-order valence-corrected chi connectivity index (χ2v) is 6.52. The van der Waals surface area contributed by atoms with Gasteiger partial charge in [0, 0.05) is 12.3 Å². The van der Waals surface area contributed by atoms with E-state index in [0.717, 1.165) is 44.1 Å². The van der Waals surface area contributed by atoms with Gasteiger partial charge in [0.05, 0.1) is 0 Å². The Hall–Kier alpha value is -1.68. The first kappa shape index (κ1) is 13.0. The van der Waals surface area contributed by atoms with E-state index in [1.165, 1.54) is 11.1 Å². The molecule has 0 bridgehead atoms. The monoisotopic (exact) mass is 283 g/mol. The van der Waals surface area contributed by atoms with Crippen molar-refractivity contribution in [2.24, 2.45) is 11.8 Å². The molecule has 0 spiro atoms. The summed E-state index contributed by atoms with van der Waals surface area (Å²) in [6.07, 6.45) is 2.98. The number of aromatic nitrogens is 2. The maximum absolute atomic E-state index is 5.50. The van der Waals surface area contributed by atoms with E-state index < -0.39 is 0 Å². The molecule has 4 heteroatoms. The van der Waals surface area contributed by atoms with Crippen molar-refractivity contribution in [2.75, 3.05) is 13.1 Å². The lowest BCUT2D eigenvalue weighted by atomic mass is 9.95. The molecule has 1 aromatic carbocycles. The van der Waals surface area contributed by atoms with Crippen LogP contribution in [0.4, 0.5) is 0 Å². The van der Waals surface area contributed by atoms with Gasteiger partial charge in [-0.2, -0.15) is 4.98 Å². The zero-order valence-corrected chi connectivity index (χ0v) is 12.4. The lowest BCUT2D eigenvalue weighted by Gasteiger charge is -2.10. The van der Waals surface area contributed by atoms with E-state index in [4.69, 9.17) is 4.52 Å². The molecule has 1 aliphatic carbocycles. The van der Waals surface area contributed by atoms with Gasteiger partial charge in [-0.3, -0.25) is 0 Å². The van der Waals surface area contributed by atoms with Crippen molar-refractivity contribution >= 4 is 0 Å². The van der Waals surface area contributed by atoms with Gasteiger partial charge in [-0.05, 0) is 48.9 Å². The molecule has 2 aromatic rings. The highest BCUT2D eigenvalue weighted by molar-refractivity contribution is 5.34. The molecule has 2 aliphatic rings. The van der Waals surface area contributed by atoms with Crippen LogP contribution in [-0.4, -0.2) is 23.2 Å². The summed E-state index contributed by atoms with van der Waals surface area (Å²) in [4.78, 5) is 4.67. The van der Waals surface area contributed by atoms with Crippen LogP contribution in [0.25, 0.3) is 0 Å². The van der Waals surface area contributed by atoms with Crippen LogP contribution in [0.1, 0.15) is 35.7 Å². The van der Waals surface area contributed by atoms with Gasteiger partial charge < -0.3 is 9.84 Å². The minimum atomic E-state index is 0.388. The van der Waals surface area contributed by atoms with Crippen LogP contribution in [0, 0.1) is 11.8 Å². The highest BCUT2D eigenvalue weighted by atomic mass is 16.5. The summed E-state index contributed by atoms with van der Waals surface area (Å²) >= 11 is 0. The first-order valence-electron chi connectivity index (χ1n) is 7.89. The highest BCUT2D eigenvalue weighted by Gasteiger charge is 2.29. The molecule has 1 aliphatic heterocycles. The van der Waals surface area contributed by atoms with Crippen molar-refractivity contribution in [1.29, 1.82) is 0 Å². The third-order valence-electron chi connectivity index (χ3n) is 5.01. The minimum absolute atomic E-state index is 0.388. The molecule has 2 heterocycles. The van der Waals surface area contributed by atoms with Gasteiger partial charge in [0.25, 0.3) is 0 Å². The molecule has 0 saturated carbocycles. The van der Waals surface area contributed by atoms with E-state index >= 15 is 0 Å². The number of fused-ring (bicyclic) bond motifs is 1.